The van der Waals surface area contributed by atoms with Crippen molar-refractivity contribution < 1.29 is 17.9 Å². The van der Waals surface area contributed by atoms with Crippen molar-refractivity contribution in [1.29, 1.82) is 0 Å². The number of thioether (sulfide) groups is 1. The number of ether oxygens (including phenoxy) is 1. The van der Waals surface area contributed by atoms with Crippen molar-refractivity contribution in [3.8, 4) is 5.75 Å². The summed E-state index contributed by atoms with van der Waals surface area (Å²) >= 11 is 7.57. The second-order valence-electron chi connectivity index (χ2n) is 7.50. The first-order valence-corrected chi connectivity index (χ1v) is 13.5. The van der Waals surface area contributed by atoms with Gasteiger partial charge in [0.25, 0.3) is 10.0 Å². The number of anilines is 1. The summed E-state index contributed by atoms with van der Waals surface area (Å²) in [6, 6.07) is 20.9. The van der Waals surface area contributed by atoms with Crippen molar-refractivity contribution in [1.82, 2.24) is 5.32 Å². The van der Waals surface area contributed by atoms with Gasteiger partial charge in [0.15, 0.2) is 0 Å². The maximum Gasteiger partial charge on any atom is 0.264 e. The predicted octanol–water partition coefficient (Wildman–Crippen LogP) is 5.15. The molecule has 0 spiro atoms. The van der Waals surface area contributed by atoms with E-state index >= 15 is 0 Å². The maximum atomic E-state index is 13.5. The second-order valence-corrected chi connectivity index (χ2v) is 11.0. The third kappa shape index (κ3) is 6.91. The minimum atomic E-state index is -4.00. The number of amides is 1. The van der Waals surface area contributed by atoms with Crippen LogP contribution in [-0.2, 0) is 14.8 Å². The third-order valence-electron chi connectivity index (χ3n) is 4.98. The lowest BCUT2D eigenvalue weighted by Crippen LogP contribution is -2.41. The van der Waals surface area contributed by atoms with E-state index in [-0.39, 0.29) is 11.4 Å². The highest BCUT2D eigenvalue weighted by molar-refractivity contribution is 7.99. The number of nitrogens with zero attached hydrogens (tertiary/aromatic N) is 1. The van der Waals surface area contributed by atoms with Gasteiger partial charge in [-0.3, -0.25) is 9.10 Å². The Morgan fingerprint density at radius 1 is 1.03 bits per heavy atom. The van der Waals surface area contributed by atoms with Crippen LogP contribution in [0, 0.1) is 6.92 Å². The number of methoxy groups -OCH3 is 1. The van der Waals surface area contributed by atoms with Gasteiger partial charge >= 0.3 is 0 Å². The van der Waals surface area contributed by atoms with Crippen molar-refractivity contribution in [2.45, 2.75) is 23.1 Å². The molecule has 3 rings (SSSR count). The summed E-state index contributed by atoms with van der Waals surface area (Å²) in [6.45, 7) is 1.96. The van der Waals surface area contributed by atoms with Crippen LogP contribution in [0.2, 0.25) is 5.02 Å². The van der Waals surface area contributed by atoms with Gasteiger partial charge < -0.3 is 10.1 Å². The highest BCUT2D eigenvalue weighted by Gasteiger charge is 2.29. The van der Waals surface area contributed by atoms with E-state index in [0.717, 1.165) is 26.9 Å². The van der Waals surface area contributed by atoms with Gasteiger partial charge in [-0.1, -0.05) is 41.4 Å². The molecule has 0 aliphatic carbocycles. The molecular weight excluding hydrogens is 492 g/mol. The number of halogens is 1. The number of carbonyl (C=O) groups excluding carboxylic acids is 1. The average molecular weight is 519 g/mol. The zero-order valence-corrected chi connectivity index (χ0v) is 21.4. The van der Waals surface area contributed by atoms with Gasteiger partial charge in [0.2, 0.25) is 5.91 Å². The molecule has 0 aliphatic rings. The van der Waals surface area contributed by atoms with E-state index in [0.29, 0.717) is 23.0 Å². The van der Waals surface area contributed by atoms with Gasteiger partial charge in [-0.15, -0.1) is 11.8 Å². The maximum absolute atomic E-state index is 13.5. The molecule has 34 heavy (non-hydrogen) atoms. The summed E-state index contributed by atoms with van der Waals surface area (Å²) in [5.41, 5.74) is 1.25. The predicted molar refractivity (Wildman–Crippen MR) is 139 cm³/mol. The van der Waals surface area contributed by atoms with Crippen molar-refractivity contribution in [2.24, 2.45) is 0 Å². The number of sulfonamides is 1. The van der Waals surface area contributed by atoms with Crippen LogP contribution in [0.4, 0.5) is 5.69 Å². The molecular formula is C25H27ClN2O4S2. The first-order chi connectivity index (χ1) is 16.3. The summed E-state index contributed by atoms with van der Waals surface area (Å²) < 4.78 is 33.4. The highest BCUT2D eigenvalue weighted by atomic mass is 35.5. The zero-order valence-electron chi connectivity index (χ0n) is 19.0. The molecule has 0 aromatic heterocycles. The van der Waals surface area contributed by atoms with Crippen LogP contribution >= 0.6 is 23.4 Å². The quantitative estimate of drug-likeness (QED) is 0.280. The van der Waals surface area contributed by atoms with E-state index in [2.05, 4.69) is 5.32 Å². The Hall–Kier alpha value is -2.68. The molecule has 0 aliphatic heterocycles. The second kappa shape index (κ2) is 12.1. The third-order valence-corrected chi connectivity index (χ3v) is 8.10. The van der Waals surface area contributed by atoms with Crippen molar-refractivity contribution in [3.63, 3.8) is 0 Å². The summed E-state index contributed by atoms with van der Waals surface area (Å²) in [4.78, 5) is 14.0. The van der Waals surface area contributed by atoms with Crippen LogP contribution < -0.4 is 14.4 Å². The van der Waals surface area contributed by atoms with Crippen LogP contribution in [0.1, 0.15) is 12.0 Å². The molecule has 3 aromatic carbocycles. The fraction of sp³-hybridized carbons (Fsp3) is 0.240. The van der Waals surface area contributed by atoms with Crippen molar-refractivity contribution in [2.75, 3.05) is 30.3 Å². The van der Waals surface area contributed by atoms with E-state index in [1.54, 1.807) is 60.3 Å². The monoisotopic (exact) mass is 518 g/mol. The number of aryl methyl sites for hydroxylation is 1. The van der Waals surface area contributed by atoms with Crippen LogP contribution in [0.25, 0.3) is 0 Å². The molecule has 0 saturated carbocycles. The van der Waals surface area contributed by atoms with Gasteiger partial charge in [0.05, 0.1) is 17.7 Å². The van der Waals surface area contributed by atoms with Crippen molar-refractivity contribution >= 4 is 45.0 Å². The topological polar surface area (TPSA) is 75.7 Å². The molecule has 0 saturated heterocycles. The van der Waals surface area contributed by atoms with Crippen LogP contribution in [-0.4, -0.2) is 40.3 Å². The number of hydrogen-bond acceptors (Lipinski definition) is 5. The molecule has 0 radical (unpaired) electrons. The van der Waals surface area contributed by atoms with Crippen LogP contribution in [0.15, 0.2) is 82.6 Å². The Morgan fingerprint density at radius 2 is 1.71 bits per heavy atom. The van der Waals surface area contributed by atoms with Gasteiger partial charge in [-0.2, -0.15) is 0 Å². The molecule has 1 amide bonds. The lowest BCUT2D eigenvalue weighted by molar-refractivity contribution is -0.119. The fourth-order valence-corrected chi connectivity index (χ4v) is 5.59. The Morgan fingerprint density at radius 3 is 2.38 bits per heavy atom. The molecule has 0 bridgehead atoms. The average Bonchev–Trinajstić information content (AvgIpc) is 2.83. The highest BCUT2D eigenvalue weighted by Crippen LogP contribution is 2.32. The van der Waals surface area contributed by atoms with E-state index in [1.165, 1.54) is 7.11 Å². The SMILES string of the molecule is COc1ccccc1N(CC(=O)NCCCSc1ccc(Cl)cc1)S(=O)(=O)c1ccc(C)cc1. The number of hydrogen-bond donors (Lipinski definition) is 1. The summed E-state index contributed by atoms with van der Waals surface area (Å²) in [6.07, 6.45) is 0.735. The van der Waals surface area contributed by atoms with E-state index < -0.39 is 15.9 Å². The first kappa shape index (κ1) is 25.9. The minimum Gasteiger partial charge on any atom is -0.495 e. The Bertz CT molecular complexity index is 1200. The molecule has 0 fully saturated rings. The lowest BCUT2D eigenvalue weighted by atomic mass is 10.2. The van der Waals surface area contributed by atoms with Gasteiger partial charge in [-0.05, 0) is 67.6 Å². The molecule has 6 nitrogen and oxygen atoms in total. The minimum absolute atomic E-state index is 0.108. The van der Waals surface area contributed by atoms with E-state index in [9.17, 15) is 13.2 Å². The van der Waals surface area contributed by atoms with Crippen LogP contribution in [0.5, 0.6) is 5.75 Å². The molecule has 3 aromatic rings. The van der Waals surface area contributed by atoms with Crippen molar-refractivity contribution in [3.05, 3.63) is 83.4 Å². The normalized spacial score (nSPS) is 11.1. The molecule has 1 N–H and O–H groups in total. The molecule has 0 unspecified atom stereocenters. The summed E-state index contributed by atoms with van der Waals surface area (Å²) in [5.74, 6) is 0.781. The Labute approximate surface area is 210 Å². The number of carbonyl (C=O) groups is 1. The van der Waals surface area contributed by atoms with Gasteiger partial charge in [0, 0.05) is 16.5 Å². The van der Waals surface area contributed by atoms with E-state index in [4.69, 9.17) is 16.3 Å². The fourth-order valence-electron chi connectivity index (χ4n) is 3.18. The van der Waals surface area contributed by atoms with Gasteiger partial charge in [0.1, 0.15) is 12.3 Å². The lowest BCUT2D eigenvalue weighted by Gasteiger charge is -2.25. The Balaban J connectivity index is 1.68. The number of para-hydroxylation sites is 2. The smallest absolute Gasteiger partial charge is 0.264 e. The van der Waals surface area contributed by atoms with Gasteiger partial charge in [-0.25, -0.2) is 8.42 Å². The molecule has 180 valence electrons. The molecule has 9 heteroatoms. The summed E-state index contributed by atoms with van der Waals surface area (Å²) in [5, 5.41) is 3.52. The number of nitrogens with one attached hydrogen (secondary N) is 1. The van der Waals surface area contributed by atoms with Crippen LogP contribution in [0.3, 0.4) is 0 Å². The largest absolute Gasteiger partial charge is 0.495 e. The Kier molecular flexibility index (Phi) is 9.27. The number of benzene rings is 3. The summed E-state index contributed by atoms with van der Waals surface area (Å²) in [7, 11) is -2.53. The number of rotatable bonds is 11. The first-order valence-electron chi connectivity index (χ1n) is 10.7. The van der Waals surface area contributed by atoms with E-state index in [1.807, 2.05) is 31.2 Å². The molecule has 0 heterocycles. The molecule has 0 atom stereocenters. The zero-order chi connectivity index (χ0) is 24.6. The standard InChI is InChI=1S/C25H27ClN2O4S2/c1-19-8-14-22(15-9-19)34(30,31)28(23-6-3-4-7-24(23)32-2)18-25(29)27-16-5-17-33-21-12-10-20(26)11-13-21/h3-4,6-15H,5,16-18H2,1-2H3,(H,27,29).